The minimum atomic E-state index is 0.325. The zero-order chi connectivity index (χ0) is 18.1. The number of hydrogen-bond acceptors (Lipinski definition) is 2. The molecule has 1 aromatic carbocycles. The second-order valence-electron chi connectivity index (χ2n) is 8.97. The topological polar surface area (TPSA) is 24.1 Å². The highest BCUT2D eigenvalue weighted by Crippen LogP contribution is 2.49. The van der Waals surface area contributed by atoms with Gasteiger partial charge in [-0.1, -0.05) is 50.1 Å². The van der Waals surface area contributed by atoms with Crippen LogP contribution < -0.4 is 10.6 Å². The van der Waals surface area contributed by atoms with Crippen LogP contribution in [0.3, 0.4) is 0 Å². The van der Waals surface area contributed by atoms with Crippen molar-refractivity contribution >= 4 is 5.57 Å². The van der Waals surface area contributed by atoms with Crippen LogP contribution in [0.4, 0.5) is 0 Å². The predicted octanol–water partition coefficient (Wildman–Crippen LogP) is 5.56. The lowest BCUT2D eigenvalue weighted by molar-refractivity contribution is 0.164. The summed E-state index contributed by atoms with van der Waals surface area (Å²) < 4.78 is 0. The molecule has 3 aliphatic rings. The largest absolute Gasteiger partial charge is 0.370 e. The molecule has 0 heterocycles. The van der Waals surface area contributed by atoms with Crippen molar-refractivity contribution in [2.24, 2.45) is 5.41 Å². The van der Waals surface area contributed by atoms with Crippen molar-refractivity contribution < 1.29 is 0 Å². The molecule has 0 amide bonds. The van der Waals surface area contributed by atoms with Crippen LogP contribution in [-0.2, 0) is 6.42 Å². The van der Waals surface area contributed by atoms with E-state index in [9.17, 15) is 0 Å². The fraction of sp³-hybridized carbons (Fsp3) is 0.583. The molecule has 26 heavy (non-hydrogen) atoms. The zero-order valence-corrected chi connectivity index (χ0v) is 16.5. The summed E-state index contributed by atoms with van der Waals surface area (Å²) in [5.74, 6) is 1.01. The normalized spacial score (nSPS) is 25.2. The van der Waals surface area contributed by atoms with E-state index in [0.29, 0.717) is 17.5 Å². The Kier molecular flexibility index (Phi) is 4.86. The first-order chi connectivity index (χ1) is 12.6. The number of fused-ring (bicyclic) bond motifs is 1. The van der Waals surface area contributed by atoms with Gasteiger partial charge in [0.2, 0.25) is 0 Å². The molecule has 140 valence electrons. The number of benzene rings is 1. The van der Waals surface area contributed by atoms with Crippen LogP contribution >= 0.6 is 0 Å². The van der Waals surface area contributed by atoms with Gasteiger partial charge >= 0.3 is 0 Å². The van der Waals surface area contributed by atoms with Crippen LogP contribution in [0.15, 0.2) is 42.2 Å². The molecule has 2 nitrogen and oxygen atoms in total. The van der Waals surface area contributed by atoms with Gasteiger partial charge < -0.3 is 10.6 Å². The van der Waals surface area contributed by atoms with Crippen molar-refractivity contribution in [3.8, 4) is 0 Å². The summed E-state index contributed by atoms with van der Waals surface area (Å²) >= 11 is 0. The molecule has 2 N–H and O–H groups in total. The van der Waals surface area contributed by atoms with Gasteiger partial charge in [-0.25, -0.2) is 0 Å². The molecule has 2 atom stereocenters. The average molecular weight is 351 g/mol. The van der Waals surface area contributed by atoms with E-state index in [2.05, 4.69) is 55.3 Å². The number of hydrogen-bond donors (Lipinski definition) is 2. The molecule has 0 radical (unpaired) electrons. The van der Waals surface area contributed by atoms with E-state index in [0.717, 1.165) is 12.2 Å². The van der Waals surface area contributed by atoms with E-state index in [1.54, 1.807) is 0 Å². The molecular formula is C24H34N2. The molecular weight excluding hydrogens is 316 g/mol. The lowest BCUT2D eigenvalue weighted by Crippen LogP contribution is -2.43. The number of nitrogens with one attached hydrogen (secondary N) is 2. The predicted molar refractivity (Wildman–Crippen MR) is 111 cm³/mol. The van der Waals surface area contributed by atoms with E-state index in [1.165, 1.54) is 73.6 Å². The van der Waals surface area contributed by atoms with E-state index in [-0.39, 0.29) is 0 Å². The quantitative estimate of drug-likeness (QED) is 0.726. The maximum absolute atomic E-state index is 4.30. The number of allylic oxidation sites excluding steroid dienone is 1. The van der Waals surface area contributed by atoms with Crippen LogP contribution in [0.5, 0.6) is 0 Å². The summed E-state index contributed by atoms with van der Waals surface area (Å²) in [5.41, 5.74) is 6.47. The fourth-order valence-electron chi connectivity index (χ4n) is 5.82. The Morgan fingerprint density at radius 2 is 1.88 bits per heavy atom. The van der Waals surface area contributed by atoms with Crippen molar-refractivity contribution in [2.45, 2.75) is 83.7 Å². The second kappa shape index (κ2) is 7.13. The van der Waals surface area contributed by atoms with E-state index in [4.69, 9.17) is 0 Å². The molecule has 2 unspecified atom stereocenters. The average Bonchev–Trinajstić information content (AvgIpc) is 3.20. The summed E-state index contributed by atoms with van der Waals surface area (Å²) in [6, 6.07) is 9.73. The lowest BCUT2D eigenvalue weighted by Gasteiger charge is -2.39. The Balaban J connectivity index is 1.34. The summed E-state index contributed by atoms with van der Waals surface area (Å²) in [6.45, 7) is 8.84. The van der Waals surface area contributed by atoms with Gasteiger partial charge in [-0.15, -0.1) is 0 Å². The van der Waals surface area contributed by atoms with Crippen LogP contribution in [0.2, 0.25) is 0 Å². The SMILES string of the molecule is C=C(NC1CCCC2(CCCC2)C1)NC(C)C1=C(C)c2ccccc2C1. The zero-order valence-electron chi connectivity index (χ0n) is 16.5. The smallest absolute Gasteiger partial charge is 0.0919 e. The maximum Gasteiger partial charge on any atom is 0.0919 e. The lowest BCUT2D eigenvalue weighted by atomic mass is 9.71. The van der Waals surface area contributed by atoms with Crippen LogP contribution in [0.25, 0.3) is 5.57 Å². The Morgan fingerprint density at radius 1 is 1.15 bits per heavy atom. The maximum atomic E-state index is 4.30. The Labute approximate surface area is 159 Å². The van der Waals surface area contributed by atoms with Crippen LogP contribution in [0, 0.1) is 5.41 Å². The van der Waals surface area contributed by atoms with Crippen molar-refractivity contribution in [3.63, 3.8) is 0 Å². The molecule has 0 saturated heterocycles. The van der Waals surface area contributed by atoms with Crippen LogP contribution in [-0.4, -0.2) is 12.1 Å². The third-order valence-corrected chi connectivity index (χ3v) is 7.18. The third kappa shape index (κ3) is 3.43. The summed E-state index contributed by atoms with van der Waals surface area (Å²) in [7, 11) is 0. The first kappa shape index (κ1) is 17.7. The van der Waals surface area contributed by atoms with Gasteiger partial charge in [0.1, 0.15) is 0 Å². The van der Waals surface area contributed by atoms with Gasteiger partial charge in [0, 0.05) is 12.1 Å². The molecule has 4 rings (SSSR count). The van der Waals surface area contributed by atoms with E-state index >= 15 is 0 Å². The Bertz CT molecular complexity index is 709. The fourth-order valence-corrected chi connectivity index (χ4v) is 5.82. The highest BCUT2D eigenvalue weighted by atomic mass is 15.1. The molecule has 0 aromatic heterocycles. The highest BCUT2D eigenvalue weighted by Gasteiger charge is 2.38. The molecule has 0 bridgehead atoms. The van der Waals surface area contributed by atoms with E-state index in [1.807, 2.05) is 0 Å². The highest BCUT2D eigenvalue weighted by molar-refractivity contribution is 5.75. The Hall–Kier alpha value is -1.70. The Morgan fingerprint density at radius 3 is 2.65 bits per heavy atom. The van der Waals surface area contributed by atoms with Crippen molar-refractivity contribution in [2.75, 3.05) is 0 Å². The minimum absolute atomic E-state index is 0.325. The summed E-state index contributed by atoms with van der Waals surface area (Å²) in [6.07, 6.45) is 12.3. The third-order valence-electron chi connectivity index (χ3n) is 7.18. The van der Waals surface area contributed by atoms with Gasteiger partial charge in [-0.05, 0) is 80.1 Å². The van der Waals surface area contributed by atoms with Gasteiger partial charge in [0.15, 0.2) is 0 Å². The van der Waals surface area contributed by atoms with Crippen molar-refractivity contribution in [3.05, 3.63) is 53.4 Å². The van der Waals surface area contributed by atoms with Crippen molar-refractivity contribution in [1.29, 1.82) is 0 Å². The molecule has 2 saturated carbocycles. The molecule has 2 heteroatoms. The second-order valence-corrected chi connectivity index (χ2v) is 8.97. The van der Waals surface area contributed by atoms with Gasteiger partial charge in [-0.2, -0.15) is 0 Å². The van der Waals surface area contributed by atoms with Gasteiger partial charge in [0.25, 0.3) is 0 Å². The molecule has 2 fully saturated rings. The standard InChI is InChI=1S/C24H34N2/c1-17-22-11-5-4-9-20(22)15-23(17)18(2)25-19(3)26-21-10-8-14-24(16-21)12-6-7-13-24/h4-5,9,11,18,21,25-26H,3,6-8,10,12-16H2,1-2H3. The molecule has 1 spiro atoms. The first-order valence-corrected chi connectivity index (χ1v) is 10.6. The first-order valence-electron chi connectivity index (χ1n) is 10.6. The van der Waals surface area contributed by atoms with Gasteiger partial charge in [-0.3, -0.25) is 0 Å². The molecule has 1 aromatic rings. The number of rotatable bonds is 5. The van der Waals surface area contributed by atoms with Gasteiger partial charge in [0.05, 0.1) is 5.82 Å². The van der Waals surface area contributed by atoms with E-state index < -0.39 is 0 Å². The minimum Gasteiger partial charge on any atom is -0.370 e. The summed E-state index contributed by atoms with van der Waals surface area (Å²) in [5, 5.41) is 7.38. The molecule has 3 aliphatic carbocycles. The molecule has 0 aliphatic heterocycles. The van der Waals surface area contributed by atoms with Crippen LogP contribution in [0.1, 0.15) is 76.3 Å². The summed E-state index contributed by atoms with van der Waals surface area (Å²) in [4.78, 5) is 0. The van der Waals surface area contributed by atoms with Crippen molar-refractivity contribution in [1.82, 2.24) is 10.6 Å². The monoisotopic (exact) mass is 350 g/mol.